The van der Waals surface area contributed by atoms with Gasteiger partial charge in [-0.1, -0.05) is 23.2 Å². The number of ether oxygens (including phenoxy) is 3. The van der Waals surface area contributed by atoms with Gasteiger partial charge in [0, 0.05) is 11.1 Å². The lowest BCUT2D eigenvalue weighted by atomic mass is 10.2. The van der Waals surface area contributed by atoms with Crippen molar-refractivity contribution in [3.63, 3.8) is 0 Å². The van der Waals surface area contributed by atoms with E-state index in [1.54, 1.807) is 36.4 Å². The molecule has 2 rings (SSSR count). The predicted molar refractivity (Wildman–Crippen MR) is 97.1 cm³/mol. The minimum absolute atomic E-state index is 0.253. The summed E-state index contributed by atoms with van der Waals surface area (Å²) in [4.78, 5) is 10.6. The van der Waals surface area contributed by atoms with Crippen molar-refractivity contribution in [2.45, 2.75) is 0 Å². The van der Waals surface area contributed by atoms with Crippen LogP contribution in [0.25, 0.3) is 6.08 Å². The summed E-state index contributed by atoms with van der Waals surface area (Å²) in [6, 6.07) is 10.2. The monoisotopic (exact) mass is 382 g/mol. The summed E-state index contributed by atoms with van der Waals surface area (Å²) in [6.45, 7) is 0.560. The molecule has 0 amide bonds. The molecule has 0 saturated carbocycles. The minimum Gasteiger partial charge on any atom is -0.493 e. The summed E-state index contributed by atoms with van der Waals surface area (Å²) in [6.07, 6.45) is 2.44. The van der Waals surface area contributed by atoms with Crippen LogP contribution >= 0.6 is 23.2 Å². The van der Waals surface area contributed by atoms with Crippen LogP contribution < -0.4 is 14.2 Å². The molecule has 0 saturated heterocycles. The molecular weight excluding hydrogens is 367 g/mol. The second-order valence-electron chi connectivity index (χ2n) is 4.86. The first kappa shape index (κ1) is 19.0. The third-order valence-corrected chi connectivity index (χ3v) is 3.61. The molecule has 0 fully saturated rings. The van der Waals surface area contributed by atoms with Gasteiger partial charge in [-0.15, -0.1) is 0 Å². The van der Waals surface area contributed by atoms with E-state index in [1.807, 2.05) is 0 Å². The molecule has 0 aliphatic carbocycles. The number of carbonyl (C=O) groups is 1. The Morgan fingerprint density at radius 3 is 2.44 bits per heavy atom. The molecule has 0 aliphatic rings. The van der Waals surface area contributed by atoms with E-state index in [4.69, 9.17) is 42.5 Å². The molecule has 0 atom stereocenters. The molecule has 1 N–H and O–H groups in total. The first-order valence-corrected chi connectivity index (χ1v) is 8.05. The molecule has 0 heterocycles. The molecule has 0 aromatic heterocycles. The zero-order valence-electron chi connectivity index (χ0n) is 13.4. The lowest BCUT2D eigenvalue weighted by molar-refractivity contribution is -0.131. The maximum absolute atomic E-state index is 10.6. The maximum Gasteiger partial charge on any atom is 0.328 e. The number of rotatable bonds is 8. The van der Waals surface area contributed by atoms with E-state index >= 15 is 0 Å². The van der Waals surface area contributed by atoms with Crippen LogP contribution in [0, 0.1) is 0 Å². The first-order valence-electron chi connectivity index (χ1n) is 7.29. The summed E-state index contributed by atoms with van der Waals surface area (Å²) in [5, 5.41) is 9.63. The molecular formula is C18H16Cl2O5. The van der Waals surface area contributed by atoms with Gasteiger partial charge in [0.2, 0.25) is 0 Å². The van der Waals surface area contributed by atoms with E-state index < -0.39 is 5.97 Å². The Balaban J connectivity index is 1.98. The van der Waals surface area contributed by atoms with Crippen molar-refractivity contribution in [1.82, 2.24) is 0 Å². The number of carboxylic acids is 1. The fraction of sp³-hybridized carbons (Fsp3) is 0.167. The van der Waals surface area contributed by atoms with Crippen molar-refractivity contribution in [2.24, 2.45) is 0 Å². The zero-order valence-corrected chi connectivity index (χ0v) is 14.9. The van der Waals surface area contributed by atoms with Crippen molar-refractivity contribution in [3.05, 3.63) is 58.1 Å². The van der Waals surface area contributed by atoms with Crippen molar-refractivity contribution < 1.29 is 24.1 Å². The van der Waals surface area contributed by atoms with Crippen LogP contribution in [0.5, 0.6) is 17.2 Å². The average Bonchev–Trinajstić information content (AvgIpc) is 2.59. The average molecular weight is 383 g/mol. The molecule has 0 aliphatic heterocycles. The molecule has 2 aromatic carbocycles. The molecule has 0 unspecified atom stereocenters. The second kappa shape index (κ2) is 9.20. The predicted octanol–water partition coefficient (Wildman–Crippen LogP) is 4.56. The standard InChI is InChI=1S/C18H16Cl2O5/c1-23-16-11-12(2-7-17(21)22)10-15(20)18(16)25-9-8-24-14-5-3-13(19)4-6-14/h2-7,10-11H,8-9H2,1H3,(H,21,22). The fourth-order valence-corrected chi connectivity index (χ4v) is 2.38. The van der Waals surface area contributed by atoms with E-state index in [9.17, 15) is 4.79 Å². The van der Waals surface area contributed by atoms with Crippen LogP contribution in [0.3, 0.4) is 0 Å². The Labute approximate surface area is 155 Å². The number of methoxy groups -OCH3 is 1. The smallest absolute Gasteiger partial charge is 0.328 e. The Hall–Kier alpha value is -2.37. The van der Waals surface area contributed by atoms with Crippen LogP contribution in [0.4, 0.5) is 0 Å². The fourth-order valence-electron chi connectivity index (χ4n) is 1.98. The van der Waals surface area contributed by atoms with Crippen molar-refractivity contribution in [2.75, 3.05) is 20.3 Å². The highest BCUT2D eigenvalue weighted by Gasteiger charge is 2.11. The van der Waals surface area contributed by atoms with E-state index in [2.05, 4.69) is 0 Å². The zero-order chi connectivity index (χ0) is 18.2. The highest BCUT2D eigenvalue weighted by molar-refractivity contribution is 6.32. The summed E-state index contributed by atoms with van der Waals surface area (Å²) in [5.41, 5.74) is 0.592. The van der Waals surface area contributed by atoms with E-state index in [1.165, 1.54) is 13.2 Å². The van der Waals surface area contributed by atoms with Crippen molar-refractivity contribution in [3.8, 4) is 17.2 Å². The third-order valence-electron chi connectivity index (χ3n) is 3.08. The Morgan fingerprint density at radius 1 is 1.12 bits per heavy atom. The number of carboxylic acid groups (broad SMARTS) is 1. The first-order chi connectivity index (χ1) is 12.0. The van der Waals surface area contributed by atoms with Crippen LogP contribution in [0.15, 0.2) is 42.5 Å². The highest BCUT2D eigenvalue weighted by atomic mass is 35.5. The van der Waals surface area contributed by atoms with Crippen LogP contribution in [0.1, 0.15) is 5.56 Å². The summed E-state index contributed by atoms with van der Waals surface area (Å²) >= 11 is 12.0. The number of aliphatic carboxylic acids is 1. The third kappa shape index (κ3) is 5.89. The largest absolute Gasteiger partial charge is 0.493 e. The minimum atomic E-state index is -1.05. The van der Waals surface area contributed by atoms with Gasteiger partial charge in [-0.3, -0.25) is 0 Å². The normalized spacial score (nSPS) is 10.7. The van der Waals surface area contributed by atoms with Crippen LogP contribution in [-0.4, -0.2) is 31.4 Å². The summed E-state index contributed by atoms with van der Waals surface area (Å²) in [7, 11) is 1.48. The van der Waals surface area contributed by atoms with Gasteiger partial charge in [-0.05, 0) is 48.0 Å². The number of hydrogen-bond acceptors (Lipinski definition) is 4. The molecule has 0 bridgehead atoms. The van der Waals surface area contributed by atoms with Gasteiger partial charge < -0.3 is 19.3 Å². The van der Waals surface area contributed by atoms with Crippen LogP contribution in [-0.2, 0) is 4.79 Å². The van der Waals surface area contributed by atoms with Gasteiger partial charge in [-0.25, -0.2) is 4.79 Å². The van der Waals surface area contributed by atoms with Gasteiger partial charge in [0.15, 0.2) is 11.5 Å². The van der Waals surface area contributed by atoms with Gasteiger partial charge in [0.05, 0.1) is 12.1 Å². The topological polar surface area (TPSA) is 65.0 Å². The molecule has 25 heavy (non-hydrogen) atoms. The van der Waals surface area contributed by atoms with Gasteiger partial charge in [0.1, 0.15) is 19.0 Å². The SMILES string of the molecule is COc1cc(C=CC(=O)O)cc(Cl)c1OCCOc1ccc(Cl)cc1. The quantitative estimate of drug-likeness (QED) is 0.535. The van der Waals surface area contributed by atoms with Gasteiger partial charge in [-0.2, -0.15) is 0 Å². The van der Waals surface area contributed by atoms with Gasteiger partial charge in [0.25, 0.3) is 0 Å². The number of hydrogen-bond donors (Lipinski definition) is 1. The second-order valence-corrected chi connectivity index (χ2v) is 5.70. The Bertz CT molecular complexity index is 757. The molecule has 0 radical (unpaired) electrons. The van der Waals surface area contributed by atoms with E-state index in [0.29, 0.717) is 39.5 Å². The maximum atomic E-state index is 10.6. The Kier molecular flexibility index (Phi) is 6.98. The molecule has 0 spiro atoms. The molecule has 132 valence electrons. The van der Waals surface area contributed by atoms with Crippen molar-refractivity contribution >= 4 is 35.2 Å². The lowest BCUT2D eigenvalue weighted by Crippen LogP contribution is -2.10. The summed E-state index contributed by atoms with van der Waals surface area (Å²) in [5.74, 6) is 0.412. The van der Waals surface area contributed by atoms with E-state index in [0.717, 1.165) is 6.08 Å². The van der Waals surface area contributed by atoms with Crippen molar-refractivity contribution in [1.29, 1.82) is 0 Å². The molecule has 2 aromatic rings. The number of halogens is 2. The molecule has 5 nitrogen and oxygen atoms in total. The lowest BCUT2D eigenvalue weighted by Gasteiger charge is -2.14. The highest BCUT2D eigenvalue weighted by Crippen LogP contribution is 2.36. The summed E-state index contributed by atoms with van der Waals surface area (Å²) < 4.78 is 16.4. The van der Waals surface area contributed by atoms with Crippen LogP contribution in [0.2, 0.25) is 10.0 Å². The molecule has 7 heteroatoms. The van der Waals surface area contributed by atoms with E-state index in [-0.39, 0.29) is 6.61 Å². The Morgan fingerprint density at radius 2 is 1.80 bits per heavy atom. The number of benzene rings is 2. The van der Waals surface area contributed by atoms with Gasteiger partial charge >= 0.3 is 5.97 Å².